The van der Waals surface area contributed by atoms with Gasteiger partial charge < -0.3 is 20.3 Å². The lowest BCUT2D eigenvalue weighted by molar-refractivity contribution is 0.0545. The van der Waals surface area contributed by atoms with Gasteiger partial charge in [0, 0.05) is 61.1 Å². The van der Waals surface area contributed by atoms with Crippen molar-refractivity contribution >= 4 is 11.7 Å². The van der Waals surface area contributed by atoms with Gasteiger partial charge in [0.2, 0.25) is 0 Å². The van der Waals surface area contributed by atoms with E-state index in [1.54, 1.807) is 18.2 Å². The summed E-state index contributed by atoms with van der Waals surface area (Å²) in [7, 11) is 0. The van der Waals surface area contributed by atoms with Crippen LogP contribution in [0.4, 0.5) is 5.82 Å². The highest BCUT2D eigenvalue weighted by Gasteiger charge is 2.41. The van der Waals surface area contributed by atoms with E-state index in [9.17, 15) is 4.79 Å². The molecule has 2 aliphatic heterocycles. The highest BCUT2D eigenvalue weighted by atomic mass is 16.5. The lowest BCUT2D eigenvalue weighted by Crippen LogP contribution is -2.32. The van der Waals surface area contributed by atoms with Crippen LogP contribution in [0.3, 0.4) is 0 Å². The van der Waals surface area contributed by atoms with Gasteiger partial charge in [-0.2, -0.15) is 0 Å². The number of anilines is 1. The Kier molecular flexibility index (Phi) is 5.36. The average molecular weight is 439 g/mol. The van der Waals surface area contributed by atoms with Crippen molar-refractivity contribution in [1.82, 2.24) is 20.4 Å². The summed E-state index contributed by atoms with van der Waals surface area (Å²) in [5, 5.41) is 14.3. The number of nitrogens with one attached hydrogen (secondary N) is 2. The van der Waals surface area contributed by atoms with Gasteiger partial charge in [-0.25, -0.2) is 0 Å². The van der Waals surface area contributed by atoms with Crippen molar-refractivity contribution in [2.75, 3.05) is 45.1 Å². The minimum Gasteiger partial charge on any atom is -0.381 e. The Morgan fingerprint density at radius 1 is 1.16 bits per heavy atom. The van der Waals surface area contributed by atoms with Crippen molar-refractivity contribution in [2.24, 2.45) is 17.8 Å². The lowest BCUT2D eigenvalue weighted by atomic mass is 10.00. The number of benzene rings is 1. The average Bonchev–Trinajstić information content (AvgIpc) is 3.37. The molecular formula is C25H33N5O2. The number of carbonyl (C=O) groups is 1. The number of amides is 1. The van der Waals surface area contributed by atoms with Gasteiger partial charge in [-0.3, -0.25) is 4.79 Å². The molecule has 1 amide bonds. The van der Waals surface area contributed by atoms with Gasteiger partial charge in [-0.1, -0.05) is 12.1 Å². The molecular weight excluding hydrogens is 402 g/mol. The largest absolute Gasteiger partial charge is 0.381 e. The van der Waals surface area contributed by atoms with Crippen LogP contribution in [0, 0.1) is 17.8 Å². The smallest absolute Gasteiger partial charge is 0.251 e. The summed E-state index contributed by atoms with van der Waals surface area (Å²) in [6, 6.07) is 11.0. The predicted molar refractivity (Wildman–Crippen MR) is 124 cm³/mol. The first kappa shape index (κ1) is 18.0. The fourth-order valence-corrected chi connectivity index (χ4v) is 5.62. The van der Waals surface area contributed by atoms with Crippen LogP contribution in [0.2, 0.25) is 0 Å². The monoisotopic (exact) mass is 438 g/mol. The number of ether oxygens (including phenoxy) is 1. The summed E-state index contributed by atoms with van der Waals surface area (Å²) in [4.78, 5) is 14.8. The quantitative estimate of drug-likeness (QED) is 0.722. The van der Waals surface area contributed by atoms with Crippen molar-refractivity contribution < 1.29 is 13.6 Å². The second-order valence-electron chi connectivity index (χ2n) is 9.45. The first-order valence-electron chi connectivity index (χ1n) is 13.2. The second-order valence-corrected chi connectivity index (χ2v) is 9.45. The fourth-order valence-electron chi connectivity index (χ4n) is 5.62. The molecule has 1 aliphatic carbocycles. The van der Waals surface area contributed by atoms with E-state index in [1.807, 2.05) is 23.5 Å². The van der Waals surface area contributed by atoms with Crippen LogP contribution in [-0.4, -0.2) is 66.9 Å². The predicted octanol–water partition coefficient (Wildman–Crippen LogP) is 3.05. The van der Waals surface area contributed by atoms with Gasteiger partial charge in [-0.15, -0.1) is 10.2 Å². The van der Waals surface area contributed by atoms with E-state index in [2.05, 4.69) is 20.4 Å². The molecule has 1 saturated carbocycles. The van der Waals surface area contributed by atoms with Crippen molar-refractivity contribution in [3.8, 4) is 11.3 Å². The molecule has 3 heterocycles. The number of hydrogen-bond acceptors (Lipinski definition) is 6. The summed E-state index contributed by atoms with van der Waals surface area (Å²) in [5.74, 6) is 2.42. The molecule has 0 radical (unpaired) electrons. The van der Waals surface area contributed by atoms with Gasteiger partial charge in [0.25, 0.3) is 5.91 Å². The molecule has 1 aromatic heterocycles. The van der Waals surface area contributed by atoms with Gasteiger partial charge >= 0.3 is 0 Å². The first-order chi connectivity index (χ1) is 16.8. The summed E-state index contributed by atoms with van der Waals surface area (Å²) in [6.45, 7) is 2.95. The van der Waals surface area contributed by atoms with Gasteiger partial charge in [0.15, 0.2) is 0 Å². The van der Waals surface area contributed by atoms with Crippen LogP contribution in [0.25, 0.3) is 11.3 Å². The third kappa shape index (κ3) is 4.79. The Balaban J connectivity index is 1.13. The van der Waals surface area contributed by atoms with Crippen LogP contribution >= 0.6 is 0 Å². The van der Waals surface area contributed by atoms with Crippen molar-refractivity contribution in [3.63, 3.8) is 0 Å². The van der Waals surface area contributed by atoms with Crippen LogP contribution < -0.4 is 10.6 Å². The van der Waals surface area contributed by atoms with E-state index in [1.165, 1.54) is 45.3 Å². The Bertz CT molecular complexity index is 1010. The molecule has 2 aromatic rings. The molecule has 2 saturated heterocycles. The molecule has 32 heavy (non-hydrogen) atoms. The third-order valence-corrected chi connectivity index (χ3v) is 7.23. The summed E-state index contributed by atoms with van der Waals surface area (Å²) < 4.78 is 27.1. The van der Waals surface area contributed by atoms with Crippen LogP contribution in [0.15, 0.2) is 36.4 Å². The number of nitrogens with zero attached hydrogens (tertiary/aromatic N) is 3. The molecule has 5 rings (SSSR count). The molecule has 7 heteroatoms. The molecule has 1 aromatic carbocycles. The number of likely N-dealkylation sites (tertiary alicyclic amines) is 1. The van der Waals surface area contributed by atoms with Crippen LogP contribution in [-0.2, 0) is 4.74 Å². The zero-order chi connectivity index (χ0) is 24.4. The number of hydrogen-bond donors (Lipinski definition) is 2. The zero-order valence-corrected chi connectivity index (χ0v) is 18.3. The molecule has 2 N–H and O–H groups in total. The maximum Gasteiger partial charge on any atom is 0.251 e. The van der Waals surface area contributed by atoms with E-state index in [0.29, 0.717) is 17.3 Å². The SMILES string of the molecule is [2H]C([2H])([2H])NC(=O)c1cccc(-c2ccc(NC3C[C@@H]4CN(CC5CCOCC5)C[C@@H]4C3)nn2)c1. The Labute approximate surface area is 194 Å². The number of rotatable bonds is 6. The van der Waals surface area contributed by atoms with Crippen molar-refractivity contribution in [1.29, 1.82) is 0 Å². The Morgan fingerprint density at radius 3 is 2.69 bits per heavy atom. The third-order valence-electron chi connectivity index (χ3n) is 7.23. The van der Waals surface area contributed by atoms with Crippen LogP contribution in [0.5, 0.6) is 0 Å². The fraction of sp³-hybridized carbons (Fsp3) is 0.560. The topological polar surface area (TPSA) is 79.4 Å². The van der Waals surface area contributed by atoms with Gasteiger partial charge in [0.05, 0.1) is 5.69 Å². The molecule has 7 nitrogen and oxygen atoms in total. The minimum absolute atomic E-state index is 0.269. The minimum atomic E-state index is -2.53. The molecule has 0 spiro atoms. The highest BCUT2D eigenvalue weighted by Crippen LogP contribution is 2.39. The van der Waals surface area contributed by atoms with E-state index in [0.717, 1.165) is 36.8 Å². The molecule has 0 bridgehead atoms. The Morgan fingerprint density at radius 2 is 1.97 bits per heavy atom. The second kappa shape index (κ2) is 9.55. The first-order valence-corrected chi connectivity index (χ1v) is 11.7. The van der Waals surface area contributed by atoms with Crippen molar-refractivity contribution in [3.05, 3.63) is 42.0 Å². The summed E-state index contributed by atoms with van der Waals surface area (Å²) in [5.41, 5.74) is 1.61. The highest BCUT2D eigenvalue weighted by molar-refractivity contribution is 5.95. The van der Waals surface area contributed by atoms with E-state index >= 15 is 0 Å². The molecule has 3 fully saturated rings. The zero-order valence-electron chi connectivity index (χ0n) is 21.3. The van der Waals surface area contributed by atoms with Crippen LogP contribution in [0.1, 0.15) is 40.2 Å². The maximum atomic E-state index is 12.2. The molecule has 1 unspecified atom stereocenters. The number of aromatic nitrogens is 2. The van der Waals surface area contributed by atoms with Gasteiger partial charge in [-0.05, 0) is 67.7 Å². The standard InChI is InChI=1S/C25H33N5O2/c1-26-25(31)19-4-2-3-18(11-19)23-5-6-24(29-28-23)27-22-12-20-15-30(16-21(20)13-22)14-17-7-9-32-10-8-17/h2-6,11,17,20-22H,7-10,12-16H2,1H3,(H,26,31)(H,27,29)/t20-,21+,22?/i1D3. The number of fused-ring (bicyclic) bond motifs is 1. The normalized spacial score (nSPS) is 27.9. The molecule has 170 valence electrons. The Hall–Kier alpha value is -2.51. The summed E-state index contributed by atoms with van der Waals surface area (Å²) >= 11 is 0. The molecule has 3 aliphatic rings. The van der Waals surface area contributed by atoms with E-state index < -0.39 is 12.9 Å². The number of carbonyl (C=O) groups excluding carboxylic acids is 1. The van der Waals surface area contributed by atoms with E-state index in [-0.39, 0.29) is 5.56 Å². The maximum absolute atomic E-state index is 12.2. The van der Waals surface area contributed by atoms with Crippen molar-refractivity contribution in [2.45, 2.75) is 31.7 Å². The summed E-state index contributed by atoms with van der Waals surface area (Å²) in [6.07, 6.45) is 4.73. The van der Waals surface area contributed by atoms with Gasteiger partial charge in [0.1, 0.15) is 5.82 Å². The molecule has 3 atom stereocenters. The lowest BCUT2D eigenvalue weighted by Gasteiger charge is -2.27. The van der Waals surface area contributed by atoms with E-state index in [4.69, 9.17) is 8.85 Å².